The molecule has 1 amide bonds. The first-order valence-corrected chi connectivity index (χ1v) is 5.81. The summed E-state index contributed by atoms with van der Waals surface area (Å²) in [5.41, 5.74) is -0.908. The summed E-state index contributed by atoms with van der Waals surface area (Å²) >= 11 is 2.95. The number of hydrogen-bond acceptors (Lipinski definition) is 4. The molecule has 1 aliphatic heterocycles. The Labute approximate surface area is 109 Å². The van der Waals surface area contributed by atoms with Gasteiger partial charge in [0.15, 0.2) is 11.5 Å². The number of nitro groups is 1. The number of amides is 1. The molecule has 96 valence electrons. The Morgan fingerprint density at radius 3 is 2.72 bits per heavy atom. The molecule has 1 N–H and O–H groups in total. The third-order valence-electron chi connectivity index (χ3n) is 2.58. The van der Waals surface area contributed by atoms with Crippen molar-refractivity contribution >= 4 is 33.2 Å². The molecule has 1 aliphatic rings. The number of nitro benzene ring substituents is 1. The highest BCUT2D eigenvalue weighted by molar-refractivity contribution is 9.10. The largest absolute Gasteiger partial charge is 0.391 e. The number of β-amino-alcohol motifs (C(OH)–C–C–N with tert-alkyl or cyclic N) is 1. The minimum absolute atomic E-state index is 0.141. The second-order valence-electron chi connectivity index (χ2n) is 3.87. The van der Waals surface area contributed by atoms with Crippen molar-refractivity contribution in [1.82, 2.24) is 0 Å². The molecule has 1 atom stereocenters. The molecular formula is C10H8BrFN2O4. The van der Waals surface area contributed by atoms with Gasteiger partial charge in [0.1, 0.15) is 0 Å². The van der Waals surface area contributed by atoms with Crippen molar-refractivity contribution in [2.45, 2.75) is 12.5 Å². The molecule has 1 aromatic carbocycles. The summed E-state index contributed by atoms with van der Waals surface area (Å²) in [6.45, 7) is -0.141. The van der Waals surface area contributed by atoms with Crippen LogP contribution >= 0.6 is 15.9 Å². The van der Waals surface area contributed by atoms with Gasteiger partial charge in [0, 0.05) is 10.5 Å². The van der Waals surface area contributed by atoms with E-state index in [4.69, 9.17) is 0 Å². The van der Waals surface area contributed by atoms with Crippen LogP contribution in [0.25, 0.3) is 0 Å². The second kappa shape index (κ2) is 4.62. The van der Waals surface area contributed by atoms with Crippen LogP contribution in [0, 0.1) is 15.9 Å². The quantitative estimate of drug-likeness (QED) is 0.663. The fraction of sp³-hybridized carbons (Fsp3) is 0.300. The molecule has 1 heterocycles. The highest BCUT2D eigenvalue weighted by Crippen LogP contribution is 2.36. The molecule has 1 unspecified atom stereocenters. The Morgan fingerprint density at radius 2 is 2.22 bits per heavy atom. The highest BCUT2D eigenvalue weighted by atomic mass is 79.9. The molecule has 0 saturated carbocycles. The minimum atomic E-state index is -0.930. The second-order valence-corrected chi connectivity index (χ2v) is 4.79. The number of aliphatic hydroxyl groups excluding tert-OH is 1. The predicted molar refractivity (Wildman–Crippen MR) is 63.7 cm³/mol. The number of benzene rings is 1. The Morgan fingerprint density at radius 1 is 1.56 bits per heavy atom. The maximum absolute atomic E-state index is 13.8. The number of halogens is 2. The Hall–Kier alpha value is -1.54. The van der Waals surface area contributed by atoms with Crippen molar-refractivity contribution in [3.05, 3.63) is 32.5 Å². The first-order valence-electron chi connectivity index (χ1n) is 5.02. The molecule has 1 aromatic rings. The summed E-state index contributed by atoms with van der Waals surface area (Å²) in [6, 6.07) is 2.16. The van der Waals surface area contributed by atoms with Crippen LogP contribution in [0.15, 0.2) is 16.6 Å². The molecule has 0 aliphatic carbocycles. The maximum atomic E-state index is 13.8. The fourth-order valence-corrected chi connectivity index (χ4v) is 2.28. The van der Waals surface area contributed by atoms with Crippen LogP contribution in [0.5, 0.6) is 0 Å². The third-order valence-corrected chi connectivity index (χ3v) is 3.04. The zero-order valence-corrected chi connectivity index (χ0v) is 10.6. The summed E-state index contributed by atoms with van der Waals surface area (Å²) in [5.74, 6) is -1.41. The number of carbonyl (C=O) groups excluding carboxylic acids is 1. The van der Waals surface area contributed by atoms with Crippen LogP contribution in [0.2, 0.25) is 0 Å². The predicted octanol–water partition coefficient (Wildman–Crippen LogP) is 1.59. The normalized spacial score (nSPS) is 19.4. The third kappa shape index (κ3) is 2.21. The van der Waals surface area contributed by atoms with Gasteiger partial charge in [-0.15, -0.1) is 0 Å². The summed E-state index contributed by atoms with van der Waals surface area (Å²) in [7, 11) is 0. The van der Waals surface area contributed by atoms with E-state index in [1.807, 2.05) is 0 Å². The van der Waals surface area contributed by atoms with E-state index in [9.17, 15) is 24.4 Å². The maximum Gasteiger partial charge on any atom is 0.297 e. The molecule has 2 rings (SSSR count). The van der Waals surface area contributed by atoms with E-state index >= 15 is 0 Å². The average Bonchev–Trinajstić information content (AvgIpc) is 2.56. The van der Waals surface area contributed by atoms with Crippen LogP contribution in [-0.2, 0) is 4.79 Å². The Bertz CT molecular complexity index is 537. The fourth-order valence-electron chi connectivity index (χ4n) is 1.86. The molecule has 8 heteroatoms. The lowest BCUT2D eigenvalue weighted by Gasteiger charge is -2.16. The highest BCUT2D eigenvalue weighted by Gasteiger charge is 2.35. The standard InChI is InChI=1S/C10H8BrFN2O4/c11-5-1-7(12)10(8(2-5)14(17)18)13-4-6(15)3-9(13)16/h1-2,6,15H,3-4H2. The van der Waals surface area contributed by atoms with E-state index in [-0.39, 0.29) is 17.4 Å². The molecule has 6 nitrogen and oxygen atoms in total. The molecule has 0 radical (unpaired) electrons. The van der Waals surface area contributed by atoms with E-state index in [2.05, 4.69) is 15.9 Å². The molecule has 1 saturated heterocycles. The number of carbonyl (C=O) groups is 1. The van der Waals surface area contributed by atoms with Gasteiger partial charge in [-0.1, -0.05) is 15.9 Å². The van der Waals surface area contributed by atoms with E-state index in [0.29, 0.717) is 0 Å². The van der Waals surface area contributed by atoms with Gasteiger partial charge in [0.05, 0.1) is 24.0 Å². The Kier molecular flexibility index (Phi) is 3.31. The molecule has 18 heavy (non-hydrogen) atoms. The first kappa shape index (κ1) is 12.9. The summed E-state index contributed by atoms with van der Waals surface area (Å²) in [4.78, 5) is 22.6. The van der Waals surface area contributed by atoms with Crippen LogP contribution in [0.3, 0.4) is 0 Å². The zero-order valence-electron chi connectivity index (χ0n) is 8.97. The summed E-state index contributed by atoms with van der Waals surface area (Å²) < 4.78 is 14.0. The number of hydrogen-bond donors (Lipinski definition) is 1. The number of aliphatic hydroxyl groups is 1. The molecule has 1 fully saturated rings. The van der Waals surface area contributed by atoms with Crippen molar-refractivity contribution in [3.63, 3.8) is 0 Å². The smallest absolute Gasteiger partial charge is 0.297 e. The lowest BCUT2D eigenvalue weighted by atomic mass is 10.2. The minimum Gasteiger partial charge on any atom is -0.391 e. The summed E-state index contributed by atoms with van der Waals surface area (Å²) in [6.07, 6.45) is -1.09. The van der Waals surface area contributed by atoms with E-state index in [0.717, 1.165) is 17.0 Å². The van der Waals surface area contributed by atoms with Gasteiger partial charge in [-0.2, -0.15) is 0 Å². The van der Waals surface area contributed by atoms with Gasteiger partial charge in [-0.05, 0) is 6.07 Å². The van der Waals surface area contributed by atoms with Crippen LogP contribution in [-0.4, -0.2) is 28.6 Å². The molecular weight excluding hydrogens is 311 g/mol. The number of anilines is 1. The zero-order chi connectivity index (χ0) is 13.4. The van der Waals surface area contributed by atoms with Crippen LogP contribution < -0.4 is 4.90 Å². The topological polar surface area (TPSA) is 83.7 Å². The van der Waals surface area contributed by atoms with Gasteiger partial charge in [0.25, 0.3) is 5.69 Å². The SMILES string of the molecule is O=C1CC(O)CN1c1c(F)cc(Br)cc1[N+](=O)[O-]. The van der Waals surface area contributed by atoms with Crippen molar-refractivity contribution in [1.29, 1.82) is 0 Å². The number of rotatable bonds is 2. The van der Waals surface area contributed by atoms with Crippen molar-refractivity contribution < 1.29 is 19.2 Å². The van der Waals surface area contributed by atoms with E-state index in [1.165, 1.54) is 0 Å². The van der Waals surface area contributed by atoms with Gasteiger partial charge in [0.2, 0.25) is 5.91 Å². The molecule has 0 spiro atoms. The molecule has 0 aromatic heterocycles. The van der Waals surface area contributed by atoms with E-state index in [1.54, 1.807) is 0 Å². The van der Waals surface area contributed by atoms with Gasteiger partial charge in [-0.3, -0.25) is 14.9 Å². The Balaban J connectivity index is 2.56. The van der Waals surface area contributed by atoms with Crippen molar-refractivity contribution in [2.24, 2.45) is 0 Å². The lowest BCUT2D eigenvalue weighted by Crippen LogP contribution is -2.27. The van der Waals surface area contributed by atoms with Crippen molar-refractivity contribution in [3.8, 4) is 0 Å². The van der Waals surface area contributed by atoms with Gasteiger partial charge in [-0.25, -0.2) is 4.39 Å². The van der Waals surface area contributed by atoms with E-state index < -0.39 is 34.1 Å². The van der Waals surface area contributed by atoms with Crippen LogP contribution in [0.4, 0.5) is 15.8 Å². The first-order chi connectivity index (χ1) is 8.40. The van der Waals surface area contributed by atoms with Crippen LogP contribution in [0.1, 0.15) is 6.42 Å². The molecule has 0 bridgehead atoms. The monoisotopic (exact) mass is 318 g/mol. The van der Waals surface area contributed by atoms with Gasteiger partial charge < -0.3 is 10.0 Å². The lowest BCUT2D eigenvalue weighted by molar-refractivity contribution is -0.384. The van der Waals surface area contributed by atoms with Gasteiger partial charge >= 0.3 is 0 Å². The average molecular weight is 319 g/mol. The van der Waals surface area contributed by atoms with Crippen molar-refractivity contribution in [2.75, 3.05) is 11.4 Å². The summed E-state index contributed by atoms with van der Waals surface area (Å²) in [5, 5.41) is 20.2. The number of nitrogens with zero attached hydrogens (tertiary/aromatic N) is 2.